The zero-order chi connectivity index (χ0) is 14.1. The molecule has 0 aliphatic rings. The Hall–Kier alpha value is -1.95. The van der Waals surface area contributed by atoms with Crippen molar-refractivity contribution in [3.8, 4) is 0 Å². The van der Waals surface area contributed by atoms with E-state index < -0.39 is 0 Å². The monoisotopic (exact) mass is 287 g/mol. The number of imidazole rings is 1. The highest BCUT2D eigenvalue weighted by molar-refractivity contribution is 7.16. The molecule has 0 aliphatic heterocycles. The molecule has 3 aromatic heterocycles. The molecule has 0 unspecified atom stereocenters. The van der Waals surface area contributed by atoms with Crippen molar-refractivity contribution in [2.75, 3.05) is 5.32 Å². The number of anilines is 1. The Balaban J connectivity index is 1.88. The quantitative estimate of drug-likeness (QED) is 0.773. The summed E-state index contributed by atoms with van der Waals surface area (Å²) in [5, 5.41) is 6.49. The first-order valence-electron chi connectivity index (χ1n) is 6.67. The van der Waals surface area contributed by atoms with Crippen molar-refractivity contribution < 1.29 is 0 Å². The van der Waals surface area contributed by atoms with Gasteiger partial charge < -0.3 is 10.3 Å². The van der Waals surface area contributed by atoms with Crippen molar-refractivity contribution in [3.63, 3.8) is 0 Å². The fraction of sp³-hybridized carbons (Fsp3) is 0.357. The molecule has 0 aromatic carbocycles. The normalized spacial score (nSPS) is 11.2. The minimum absolute atomic E-state index is 0.639. The molecule has 5 nitrogen and oxygen atoms in total. The van der Waals surface area contributed by atoms with Crippen LogP contribution in [0.25, 0.3) is 10.2 Å². The third kappa shape index (κ3) is 2.38. The molecule has 3 aromatic rings. The molecule has 3 heterocycles. The van der Waals surface area contributed by atoms with Gasteiger partial charge in [-0.3, -0.25) is 0 Å². The predicted molar refractivity (Wildman–Crippen MR) is 82.2 cm³/mol. The maximum absolute atomic E-state index is 4.58. The van der Waals surface area contributed by atoms with Gasteiger partial charge in [0.1, 0.15) is 22.3 Å². The van der Waals surface area contributed by atoms with Crippen LogP contribution < -0.4 is 5.32 Å². The third-order valence-electron chi connectivity index (χ3n) is 3.29. The van der Waals surface area contributed by atoms with Gasteiger partial charge in [0.2, 0.25) is 0 Å². The SMILES string of the molecule is CCc1nc(NCc2nc(C)c(C)[nH]2)c2ccsc2n1. The smallest absolute Gasteiger partial charge is 0.138 e. The van der Waals surface area contributed by atoms with Gasteiger partial charge in [0.05, 0.1) is 17.6 Å². The Kier molecular flexibility index (Phi) is 3.40. The molecule has 20 heavy (non-hydrogen) atoms. The Morgan fingerprint density at radius 3 is 2.80 bits per heavy atom. The molecule has 0 saturated carbocycles. The van der Waals surface area contributed by atoms with Gasteiger partial charge in [0.15, 0.2) is 0 Å². The van der Waals surface area contributed by atoms with E-state index in [4.69, 9.17) is 0 Å². The maximum atomic E-state index is 4.58. The van der Waals surface area contributed by atoms with Crippen LogP contribution in [0.15, 0.2) is 11.4 Å². The summed E-state index contributed by atoms with van der Waals surface area (Å²) in [5.74, 6) is 2.69. The Morgan fingerprint density at radius 1 is 1.25 bits per heavy atom. The zero-order valence-electron chi connectivity index (χ0n) is 11.8. The number of thiophene rings is 1. The number of H-pyrrole nitrogens is 1. The van der Waals surface area contributed by atoms with Crippen LogP contribution in [0.3, 0.4) is 0 Å². The second-order valence-electron chi connectivity index (χ2n) is 4.73. The minimum atomic E-state index is 0.639. The van der Waals surface area contributed by atoms with Crippen LogP contribution in [-0.4, -0.2) is 19.9 Å². The van der Waals surface area contributed by atoms with Gasteiger partial charge in [0, 0.05) is 12.1 Å². The number of aromatic amines is 1. The molecule has 0 saturated heterocycles. The largest absolute Gasteiger partial charge is 0.362 e. The fourth-order valence-corrected chi connectivity index (χ4v) is 2.85. The van der Waals surface area contributed by atoms with Crippen molar-refractivity contribution in [1.29, 1.82) is 0 Å². The summed E-state index contributed by atoms with van der Waals surface area (Å²) in [4.78, 5) is 17.9. The first-order valence-corrected chi connectivity index (χ1v) is 7.55. The number of aromatic nitrogens is 4. The molecule has 104 valence electrons. The second-order valence-corrected chi connectivity index (χ2v) is 5.62. The van der Waals surface area contributed by atoms with Crippen molar-refractivity contribution >= 4 is 27.4 Å². The second kappa shape index (κ2) is 5.20. The van der Waals surface area contributed by atoms with Crippen LogP contribution in [-0.2, 0) is 13.0 Å². The summed E-state index contributed by atoms with van der Waals surface area (Å²) in [5.41, 5.74) is 2.15. The van der Waals surface area contributed by atoms with E-state index in [9.17, 15) is 0 Å². The van der Waals surface area contributed by atoms with E-state index in [0.717, 1.165) is 45.5 Å². The number of hydrogen-bond donors (Lipinski definition) is 2. The van der Waals surface area contributed by atoms with E-state index in [2.05, 4.69) is 38.2 Å². The average molecular weight is 287 g/mol. The van der Waals surface area contributed by atoms with Crippen LogP contribution in [0.1, 0.15) is 30.0 Å². The minimum Gasteiger partial charge on any atom is -0.362 e. The molecular weight excluding hydrogens is 270 g/mol. The van der Waals surface area contributed by atoms with E-state index in [0.29, 0.717) is 6.54 Å². The first-order chi connectivity index (χ1) is 9.67. The van der Waals surface area contributed by atoms with Crippen LogP contribution in [0, 0.1) is 13.8 Å². The van der Waals surface area contributed by atoms with Gasteiger partial charge in [-0.1, -0.05) is 6.92 Å². The summed E-state index contributed by atoms with van der Waals surface area (Å²) < 4.78 is 0. The molecular formula is C14H17N5S. The van der Waals surface area contributed by atoms with Gasteiger partial charge >= 0.3 is 0 Å². The fourth-order valence-electron chi connectivity index (χ4n) is 2.06. The number of fused-ring (bicyclic) bond motifs is 1. The Bertz CT molecular complexity index is 724. The van der Waals surface area contributed by atoms with E-state index in [1.165, 1.54) is 0 Å². The number of nitrogens with zero attached hydrogens (tertiary/aromatic N) is 3. The van der Waals surface area contributed by atoms with E-state index in [-0.39, 0.29) is 0 Å². The van der Waals surface area contributed by atoms with Gasteiger partial charge in [-0.25, -0.2) is 15.0 Å². The van der Waals surface area contributed by atoms with Crippen LogP contribution >= 0.6 is 11.3 Å². The van der Waals surface area contributed by atoms with Crippen LogP contribution in [0.2, 0.25) is 0 Å². The Labute approximate surface area is 121 Å². The highest BCUT2D eigenvalue weighted by Crippen LogP contribution is 2.25. The van der Waals surface area contributed by atoms with E-state index >= 15 is 0 Å². The molecule has 0 amide bonds. The molecule has 0 aliphatic carbocycles. The predicted octanol–water partition coefficient (Wildman–Crippen LogP) is 3.21. The molecule has 0 radical (unpaired) electrons. The number of rotatable bonds is 4. The lowest BCUT2D eigenvalue weighted by atomic mass is 10.3. The van der Waals surface area contributed by atoms with Crippen LogP contribution in [0.4, 0.5) is 5.82 Å². The number of hydrogen-bond acceptors (Lipinski definition) is 5. The number of aryl methyl sites for hydroxylation is 3. The van der Waals surface area contributed by atoms with Gasteiger partial charge in [0.25, 0.3) is 0 Å². The first kappa shape index (κ1) is 13.1. The van der Waals surface area contributed by atoms with Crippen molar-refractivity contribution in [1.82, 2.24) is 19.9 Å². The summed E-state index contributed by atoms with van der Waals surface area (Å²) >= 11 is 1.64. The van der Waals surface area contributed by atoms with E-state index in [1.807, 2.05) is 19.2 Å². The summed E-state index contributed by atoms with van der Waals surface area (Å²) in [6.07, 6.45) is 0.835. The van der Waals surface area contributed by atoms with Crippen molar-refractivity contribution in [3.05, 3.63) is 34.5 Å². The lowest BCUT2D eigenvalue weighted by molar-refractivity contribution is 0.938. The molecule has 0 spiro atoms. The summed E-state index contributed by atoms with van der Waals surface area (Å²) in [7, 11) is 0. The lowest BCUT2D eigenvalue weighted by Crippen LogP contribution is -2.05. The maximum Gasteiger partial charge on any atom is 0.138 e. The molecule has 2 N–H and O–H groups in total. The Morgan fingerprint density at radius 2 is 2.10 bits per heavy atom. The van der Waals surface area contributed by atoms with Gasteiger partial charge in [-0.2, -0.15) is 0 Å². The molecule has 6 heteroatoms. The standard InChI is InChI=1S/C14H17N5S/c1-4-11-18-13(10-5-6-20-14(10)19-11)15-7-12-16-8(2)9(3)17-12/h5-6H,4,7H2,1-3H3,(H,16,17)(H,15,18,19). The average Bonchev–Trinajstić information content (AvgIpc) is 3.03. The van der Waals surface area contributed by atoms with Crippen molar-refractivity contribution in [2.45, 2.75) is 33.7 Å². The summed E-state index contributed by atoms with van der Waals surface area (Å²) in [6, 6.07) is 2.06. The van der Waals surface area contributed by atoms with Crippen LogP contribution in [0.5, 0.6) is 0 Å². The van der Waals surface area contributed by atoms with Gasteiger partial charge in [-0.15, -0.1) is 11.3 Å². The topological polar surface area (TPSA) is 66.5 Å². The van der Waals surface area contributed by atoms with Gasteiger partial charge in [-0.05, 0) is 25.3 Å². The third-order valence-corrected chi connectivity index (χ3v) is 4.09. The highest BCUT2D eigenvalue weighted by Gasteiger charge is 2.09. The molecule has 0 fully saturated rings. The van der Waals surface area contributed by atoms with Crippen molar-refractivity contribution in [2.24, 2.45) is 0 Å². The number of nitrogens with one attached hydrogen (secondary N) is 2. The molecule has 0 atom stereocenters. The molecule has 0 bridgehead atoms. The summed E-state index contributed by atoms with van der Waals surface area (Å²) in [6.45, 7) is 6.74. The van der Waals surface area contributed by atoms with E-state index in [1.54, 1.807) is 11.3 Å². The highest BCUT2D eigenvalue weighted by atomic mass is 32.1. The lowest BCUT2D eigenvalue weighted by Gasteiger charge is -2.06. The molecule has 3 rings (SSSR count). The zero-order valence-corrected chi connectivity index (χ0v) is 12.6.